The first-order valence-electron chi connectivity index (χ1n) is 9.43. The molecule has 1 saturated heterocycles. The molecule has 1 aliphatic rings. The lowest BCUT2D eigenvalue weighted by molar-refractivity contribution is -0.274. The second-order valence-electron chi connectivity index (χ2n) is 7.40. The van der Waals surface area contributed by atoms with Gasteiger partial charge in [-0.1, -0.05) is 19.0 Å². The van der Waals surface area contributed by atoms with Crippen LogP contribution in [0.1, 0.15) is 25.6 Å². The predicted molar refractivity (Wildman–Crippen MR) is 100 cm³/mol. The molecule has 0 unspecified atom stereocenters. The quantitative estimate of drug-likeness (QED) is 0.643. The average Bonchev–Trinajstić information content (AvgIpc) is 3.07. The van der Waals surface area contributed by atoms with Crippen LogP contribution in [0.3, 0.4) is 0 Å². The molecule has 1 aromatic heterocycles. The van der Waals surface area contributed by atoms with Gasteiger partial charge in [-0.3, -0.25) is 4.90 Å². The van der Waals surface area contributed by atoms with E-state index in [-0.39, 0.29) is 18.0 Å². The van der Waals surface area contributed by atoms with Gasteiger partial charge in [0.1, 0.15) is 5.75 Å². The van der Waals surface area contributed by atoms with Gasteiger partial charge in [-0.15, -0.1) is 13.2 Å². The number of piperazine rings is 1. The van der Waals surface area contributed by atoms with E-state index in [2.05, 4.69) is 28.7 Å². The van der Waals surface area contributed by atoms with Gasteiger partial charge in [0.2, 0.25) is 15.9 Å². The predicted octanol–water partition coefficient (Wildman–Crippen LogP) is 2.67. The highest BCUT2D eigenvalue weighted by atomic mass is 32.2. The van der Waals surface area contributed by atoms with Crippen LogP contribution < -0.4 is 4.74 Å². The third-order valence-corrected chi connectivity index (χ3v) is 6.40. The number of nitrogens with zero attached hydrogens (tertiary/aromatic N) is 4. The Labute approximate surface area is 172 Å². The van der Waals surface area contributed by atoms with E-state index in [1.807, 2.05) is 4.90 Å². The zero-order valence-corrected chi connectivity index (χ0v) is 17.4. The van der Waals surface area contributed by atoms with Gasteiger partial charge in [0.05, 0.1) is 11.4 Å². The Balaban J connectivity index is 1.56. The van der Waals surface area contributed by atoms with E-state index in [0.29, 0.717) is 37.3 Å². The highest BCUT2D eigenvalue weighted by molar-refractivity contribution is 7.89. The molecule has 0 aliphatic carbocycles. The molecule has 1 aromatic carbocycles. The Morgan fingerprint density at radius 2 is 1.77 bits per heavy atom. The van der Waals surface area contributed by atoms with Crippen LogP contribution in [0.25, 0.3) is 0 Å². The number of aromatic nitrogens is 2. The van der Waals surface area contributed by atoms with E-state index >= 15 is 0 Å². The number of benzene rings is 1. The van der Waals surface area contributed by atoms with Crippen LogP contribution in [0, 0.1) is 5.92 Å². The number of sulfonamides is 1. The van der Waals surface area contributed by atoms with Gasteiger partial charge >= 0.3 is 6.36 Å². The molecule has 0 atom stereocenters. The molecule has 0 N–H and O–H groups in total. The molecule has 0 saturated carbocycles. The van der Waals surface area contributed by atoms with Gasteiger partial charge in [-0.05, 0) is 30.2 Å². The highest BCUT2D eigenvalue weighted by Crippen LogP contribution is 2.25. The SMILES string of the molecule is CC(C)Cc1noc(CN2CCN(S(=O)(=O)c3ccc(OC(F)(F)F)cc3)CC2)n1. The molecule has 3 rings (SSSR count). The first kappa shape index (κ1) is 22.5. The Hall–Kier alpha value is -2.18. The summed E-state index contributed by atoms with van der Waals surface area (Å²) in [5, 5.41) is 3.95. The Bertz CT molecular complexity index is 937. The van der Waals surface area contributed by atoms with Crippen molar-refractivity contribution in [3.05, 3.63) is 36.0 Å². The average molecular weight is 448 g/mol. The van der Waals surface area contributed by atoms with E-state index in [9.17, 15) is 21.6 Å². The lowest BCUT2D eigenvalue weighted by Crippen LogP contribution is -2.48. The van der Waals surface area contributed by atoms with Crippen molar-refractivity contribution in [1.29, 1.82) is 0 Å². The number of ether oxygens (including phenoxy) is 1. The van der Waals surface area contributed by atoms with Crippen molar-refractivity contribution in [2.45, 2.75) is 38.1 Å². The maximum absolute atomic E-state index is 12.8. The zero-order chi connectivity index (χ0) is 21.9. The first-order valence-corrected chi connectivity index (χ1v) is 10.9. The molecule has 0 spiro atoms. The second-order valence-corrected chi connectivity index (χ2v) is 9.34. The number of hydrogen-bond donors (Lipinski definition) is 0. The molecule has 12 heteroatoms. The van der Waals surface area contributed by atoms with Crippen LogP contribution in [0.4, 0.5) is 13.2 Å². The Morgan fingerprint density at radius 3 is 2.33 bits per heavy atom. The summed E-state index contributed by atoms with van der Waals surface area (Å²) in [5.74, 6) is 1.09. The molecular weight excluding hydrogens is 425 g/mol. The van der Waals surface area contributed by atoms with Gasteiger partial charge in [0.25, 0.3) is 0 Å². The van der Waals surface area contributed by atoms with Crippen LogP contribution >= 0.6 is 0 Å². The molecule has 2 aromatic rings. The standard InChI is InChI=1S/C18H23F3N4O4S/c1-13(2)11-16-22-17(29-23-16)12-24-7-9-25(10-8-24)30(26,27)15-5-3-14(4-6-15)28-18(19,20)21/h3-6,13H,7-12H2,1-2H3. The van der Waals surface area contributed by atoms with Gasteiger partial charge in [-0.25, -0.2) is 8.42 Å². The largest absolute Gasteiger partial charge is 0.573 e. The van der Waals surface area contributed by atoms with Gasteiger partial charge in [-0.2, -0.15) is 9.29 Å². The third kappa shape index (κ3) is 5.92. The molecular formula is C18H23F3N4O4S. The fourth-order valence-electron chi connectivity index (χ4n) is 3.08. The van der Waals surface area contributed by atoms with E-state index < -0.39 is 22.1 Å². The third-order valence-electron chi connectivity index (χ3n) is 4.49. The summed E-state index contributed by atoms with van der Waals surface area (Å²) in [6.45, 7) is 5.99. The van der Waals surface area contributed by atoms with Crippen LogP contribution in [0.15, 0.2) is 33.7 Å². The minimum absolute atomic E-state index is 0.0827. The summed E-state index contributed by atoms with van der Waals surface area (Å²) < 4.78 is 72.6. The fourth-order valence-corrected chi connectivity index (χ4v) is 4.51. The molecule has 166 valence electrons. The molecule has 30 heavy (non-hydrogen) atoms. The van der Waals surface area contributed by atoms with Crippen molar-refractivity contribution in [2.24, 2.45) is 5.92 Å². The second kappa shape index (κ2) is 8.90. The van der Waals surface area contributed by atoms with Crippen LogP contribution in [0.2, 0.25) is 0 Å². The van der Waals surface area contributed by atoms with Crippen molar-refractivity contribution < 1.29 is 30.8 Å². The summed E-state index contributed by atoms with van der Waals surface area (Å²) in [4.78, 5) is 6.28. The number of hydrogen-bond acceptors (Lipinski definition) is 7. The smallest absolute Gasteiger partial charge is 0.406 e. The van der Waals surface area contributed by atoms with Crippen LogP contribution in [-0.4, -0.2) is 60.3 Å². The Morgan fingerprint density at radius 1 is 1.13 bits per heavy atom. The van der Waals surface area contributed by atoms with E-state index in [1.165, 1.54) is 4.31 Å². The topological polar surface area (TPSA) is 88.8 Å². The molecule has 0 amide bonds. The summed E-state index contributed by atoms with van der Waals surface area (Å²) >= 11 is 0. The minimum Gasteiger partial charge on any atom is -0.406 e. The molecule has 2 heterocycles. The summed E-state index contributed by atoms with van der Waals surface area (Å²) in [5.41, 5.74) is 0. The Kier molecular flexibility index (Phi) is 6.68. The van der Waals surface area contributed by atoms with Crippen LogP contribution in [0.5, 0.6) is 5.75 Å². The van der Waals surface area contributed by atoms with Crippen molar-refractivity contribution >= 4 is 10.0 Å². The van der Waals surface area contributed by atoms with Gasteiger partial charge < -0.3 is 9.26 Å². The highest BCUT2D eigenvalue weighted by Gasteiger charge is 2.32. The molecule has 0 radical (unpaired) electrons. The van der Waals surface area contributed by atoms with E-state index in [1.54, 1.807) is 0 Å². The van der Waals surface area contributed by atoms with E-state index in [0.717, 1.165) is 30.7 Å². The lowest BCUT2D eigenvalue weighted by Gasteiger charge is -2.33. The first-order chi connectivity index (χ1) is 14.0. The fraction of sp³-hybridized carbons (Fsp3) is 0.556. The number of rotatable bonds is 7. The number of alkyl halides is 3. The van der Waals surface area contributed by atoms with Gasteiger partial charge in [0.15, 0.2) is 5.82 Å². The lowest BCUT2D eigenvalue weighted by atomic mass is 10.1. The maximum atomic E-state index is 12.8. The monoisotopic (exact) mass is 448 g/mol. The summed E-state index contributed by atoms with van der Waals surface area (Å²) in [6, 6.07) is 4.19. The van der Waals surface area contributed by atoms with Crippen molar-refractivity contribution in [3.63, 3.8) is 0 Å². The molecule has 1 fully saturated rings. The summed E-state index contributed by atoms with van der Waals surface area (Å²) in [7, 11) is -3.81. The molecule has 1 aliphatic heterocycles. The minimum atomic E-state index is -4.83. The van der Waals surface area contributed by atoms with Crippen molar-refractivity contribution in [3.8, 4) is 5.75 Å². The zero-order valence-electron chi connectivity index (χ0n) is 16.6. The maximum Gasteiger partial charge on any atom is 0.573 e. The molecule has 0 bridgehead atoms. The van der Waals surface area contributed by atoms with Gasteiger partial charge in [0, 0.05) is 32.6 Å². The number of halogens is 3. The van der Waals surface area contributed by atoms with E-state index in [4.69, 9.17) is 4.52 Å². The van der Waals surface area contributed by atoms with Crippen LogP contribution in [-0.2, 0) is 23.0 Å². The normalized spacial score (nSPS) is 16.9. The van der Waals surface area contributed by atoms with Crippen molar-refractivity contribution in [1.82, 2.24) is 19.3 Å². The molecule has 8 nitrogen and oxygen atoms in total. The van der Waals surface area contributed by atoms with Crippen molar-refractivity contribution in [2.75, 3.05) is 26.2 Å². The summed E-state index contributed by atoms with van der Waals surface area (Å²) in [6.07, 6.45) is -4.10.